The second-order valence-electron chi connectivity index (χ2n) is 4.26. The van der Waals surface area contributed by atoms with Crippen molar-refractivity contribution < 1.29 is 44.7 Å². The maximum Gasteiger partial charge on any atom is 0.337 e. The van der Waals surface area contributed by atoms with Gasteiger partial charge in [0.1, 0.15) is 0 Å². The molecule has 0 heterocycles. The molecule has 5 N–H and O–H groups in total. The molecule has 0 saturated carbocycles. The van der Waals surface area contributed by atoms with E-state index in [4.69, 9.17) is 37.1 Å². The lowest BCUT2D eigenvalue weighted by Gasteiger charge is -2.18. The van der Waals surface area contributed by atoms with Crippen molar-refractivity contribution in [2.24, 2.45) is 0 Å². The first-order valence-corrected chi connectivity index (χ1v) is 6.24. The molecule has 0 amide bonds. The molecular formula is C13H13ClO9. The largest absolute Gasteiger partial charge is 0.481 e. The van der Waals surface area contributed by atoms with Crippen molar-refractivity contribution in [3.05, 3.63) is 34.9 Å². The fraction of sp³-hybridized carbons (Fsp3) is 0.231. The Balaban J connectivity index is 0.000000433. The van der Waals surface area contributed by atoms with Crippen LogP contribution >= 0.6 is 11.6 Å². The molecule has 10 heteroatoms. The molecule has 23 heavy (non-hydrogen) atoms. The van der Waals surface area contributed by atoms with E-state index in [0.29, 0.717) is 0 Å². The minimum absolute atomic E-state index is 0.143. The molecule has 1 aromatic carbocycles. The third-order valence-electron chi connectivity index (χ3n) is 2.39. The number of hydrogen-bond donors (Lipinski definition) is 5. The number of aliphatic hydroxyl groups is 1. The summed E-state index contributed by atoms with van der Waals surface area (Å²) in [6.45, 7) is 0. The standard InChI is InChI=1S/C7H5ClO2.C6H8O7/c8-6-4-2-1-3-5(6)7(9)10;7-3(8)1-6(13,5(11)12)2-4(9)10/h1-4H,(H,9,10);13H,1-2H2,(H,7,8)(H,9,10)(H,11,12). The summed E-state index contributed by atoms with van der Waals surface area (Å²) >= 11 is 5.54. The van der Waals surface area contributed by atoms with E-state index in [0.717, 1.165) is 0 Å². The molecule has 0 fully saturated rings. The van der Waals surface area contributed by atoms with Gasteiger partial charge in [-0.1, -0.05) is 23.7 Å². The summed E-state index contributed by atoms with van der Waals surface area (Å²) in [5.41, 5.74) is -2.60. The lowest BCUT2D eigenvalue weighted by Crippen LogP contribution is -2.42. The highest BCUT2D eigenvalue weighted by Crippen LogP contribution is 2.16. The first kappa shape index (κ1) is 20.3. The quantitative estimate of drug-likeness (QED) is 0.498. The zero-order valence-electron chi connectivity index (χ0n) is 11.5. The van der Waals surface area contributed by atoms with E-state index < -0.39 is 42.3 Å². The third-order valence-corrected chi connectivity index (χ3v) is 2.72. The molecule has 0 unspecified atom stereocenters. The summed E-state index contributed by atoms with van der Waals surface area (Å²) in [6, 6.07) is 6.33. The minimum atomic E-state index is -2.74. The zero-order chi connectivity index (χ0) is 18.2. The Hall–Kier alpha value is -2.65. The Bertz CT molecular complexity index is 595. The van der Waals surface area contributed by atoms with Gasteiger partial charge in [0.05, 0.1) is 23.4 Å². The van der Waals surface area contributed by atoms with E-state index in [1.807, 2.05) is 0 Å². The van der Waals surface area contributed by atoms with E-state index in [1.54, 1.807) is 18.2 Å². The van der Waals surface area contributed by atoms with Crippen molar-refractivity contribution in [1.29, 1.82) is 0 Å². The van der Waals surface area contributed by atoms with Gasteiger partial charge in [-0.05, 0) is 12.1 Å². The van der Waals surface area contributed by atoms with Crippen LogP contribution in [0.5, 0.6) is 0 Å². The van der Waals surface area contributed by atoms with Gasteiger partial charge in [0.25, 0.3) is 0 Å². The monoisotopic (exact) mass is 348 g/mol. The summed E-state index contributed by atoms with van der Waals surface area (Å²) in [4.78, 5) is 40.8. The number of aliphatic carboxylic acids is 3. The van der Waals surface area contributed by atoms with Gasteiger partial charge in [-0.25, -0.2) is 9.59 Å². The van der Waals surface area contributed by atoms with Gasteiger partial charge in [0, 0.05) is 0 Å². The second kappa shape index (κ2) is 8.71. The fourth-order valence-electron chi connectivity index (χ4n) is 1.35. The van der Waals surface area contributed by atoms with Crippen LogP contribution in [0.2, 0.25) is 5.02 Å². The maximum atomic E-state index is 10.3. The average molecular weight is 349 g/mol. The maximum absolute atomic E-state index is 10.3. The highest BCUT2D eigenvalue weighted by Gasteiger charge is 2.40. The molecule has 1 rings (SSSR count). The van der Waals surface area contributed by atoms with Gasteiger partial charge in [0.2, 0.25) is 0 Å². The second-order valence-corrected chi connectivity index (χ2v) is 4.67. The molecule has 0 aromatic heterocycles. The normalized spacial score (nSPS) is 10.2. The van der Waals surface area contributed by atoms with Crippen molar-refractivity contribution in [2.45, 2.75) is 18.4 Å². The van der Waals surface area contributed by atoms with Crippen LogP contribution in [0, 0.1) is 0 Å². The van der Waals surface area contributed by atoms with Crippen molar-refractivity contribution in [3.63, 3.8) is 0 Å². The number of carboxylic acid groups (broad SMARTS) is 4. The number of carbonyl (C=O) groups is 4. The third kappa shape index (κ3) is 7.25. The highest BCUT2D eigenvalue weighted by atomic mass is 35.5. The van der Waals surface area contributed by atoms with Gasteiger partial charge in [-0.3, -0.25) is 9.59 Å². The highest BCUT2D eigenvalue weighted by molar-refractivity contribution is 6.33. The van der Waals surface area contributed by atoms with Crippen LogP contribution in [-0.4, -0.2) is 55.0 Å². The van der Waals surface area contributed by atoms with E-state index in [-0.39, 0.29) is 10.6 Å². The minimum Gasteiger partial charge on any atom is -0.481 e. The number of halogens is 1. The van der Waals surface area contributed by atoms with Crippen molar-refractivity contribution in [3.8, 4) is 0 Å². The van der Waals surface area contributed by atoms with E-state index >= 15 is 0 Å². The molecule has 0 atom stereocenters. The molecule has 0 bridgehead atoms. The summed E-state index contributed by atoms with van der Waals surface area (Å²) in [6.07, 6.45) is -2.29. The Morgan fingerprint density at radius 1 is 0.913 bits per heavy atom. The number of benzene rings is 1. The zero-order valence-corrected chi connectivity index (χ0v) is 12.2. The predicted molar refractivity (Wildman–Crippen MR) is 75.5 cm³/mol. The van der Waals surface area contributed by atoms with Crippen LogP contribution in [0.25, 0.3) is 0 Å². The Kier molecular flexibility index (Phi) is 7.71. The molecule has 0 aliphatic rings. The topological polar surface area (TPSA) is 169 Å². The predicted octanol–water partition coefficient (Wildman–Crippen LogP) is 0.790. The summed E-state index contributed by atoms with van der Waals surface area (Å²) in [5.74, 6) is -6.01. The number of hydrogen-bond acceptors (Lipinski definition) is 5. The molecule has 0 radical (unpaired) electrons. The molecule has 1 aromatic rings. The first-order valence-electron chi connectivity index (χ1n) is 5.87. The lowest BCUT2D eigenvalue weighted by atomic mass is 9.96. The van der Waals surface area contributed by atoms with Crippen LogP contribution in [0.3, 0.4) is 0 Å². The van der Waals surface area contributed by atoms with Crippen LogP contribution in [0.4, 0.5) is 0 Å². The van der Waals surface area contributed by atoms with E-state index in [2.05, 4.69) is 0 Å². The smallest absolute Gasteiger partial charge is 0.337 e. The molecule has 0 aliphatic heterocycles. The molecular weight excluding hydrogens is 336 g/mol. The van der Waals surface area contributed by atoms with Gasteiger partial charge in [-0.15, -0.1) is 0 Å². The Morgan fingerprint density at radius 2 is 1.35 bits per heavy atom. The SMILES string of the molecule is O=C(O)CC(O)(CC(=O)O)C(=O)O.O=C(O)c1ccccc1Cl. The van der Waals surface area contributed by atoms with Crippen LogP contribution in [-0.2, 0) is 14.4 Å². The van der Waals surface area contributed by atoms with E-state index in [9.17, 15) is 19.2 Å². The van der Waals surface area contributed by atoms with Crippen molar-refractivity contribution in [2.75, 3.05) is 0 Å². The molecule has 9 nitrogen and oxygen atoms in total. The molecule has 0 spiro atoms. The first-order chi connectivity index (χ1) is 10.5. The van der Waals surface area contributed by atoms with Crippen LogP contribution in [0.1, 0.15) is 23.2 Å². The summed E-state index contributed by atoms with van der Waals surface area (Å²) in [7, 11) is 0. The Morgan fingerprint density at radius 3 is 1.61 bits per heavy atom. The lowest BCUT2D eigenvalue weighted by molar-refractivity contribution is -0.170. The van der Waals surface area contributed by atoms with Crippen molar-refractivity contribution >= 4 is 35.5 Å². The Labute approximate surface area is 134 Å². The summed E-state index contributed by atoms with van der Waals surface area (Å²) in [5, 5.41) is 42.6. The van der Waals surface area contributed by atoms with Gasteiger partial charge in [-0.2, -0.15) is 0 Å². The number of aromatic carboxylic acids is 1. The van der Waals surface area contributed by atoms with Gasteiger partial charge < -0.3 is 25.5 Å². The molecule has 126 valence electrons. The van der Waals surface area contributed by atoms with Crippen LogP contribution in [0.15, 0.2) is 24.3 Å². The fourth-order valence-corrected chi connectivity index (χ4v) is 1.57. The van der Waals surface area contributed by atoms with Crippen molar-refractivity contribution in [1.82, 2.24) is 0 Å². The van der Waals surface area contributed by atoms with Crippen LogP contribution < -0.4 is 0 Å². The average Bonchev–Trinajstić information content (AvgIpc) is 2.37. The van der Waals surface area contributed by atoms with Gasteiger partial charge in [0.15, 0.2) is 5.60 Å². The molecule has 0 aliphatic carbocycles. The number of rotatable bonds is 6. The van der Waals surface area contributed by atoms with E-state index in [1.165, 1.54) is 6.07 Å². The molecule has 0 saturated heterocycles. The summed E-state index contributed by atoms with van der Waals surface area (Å²) < 4.78 is 0. The van der Waals surface area contributed by atoms with Gasteiger partial charge >= 0.3 is 23.9 Å². The number of carboxylic acids is 4.